The highest BCUT2D eigenvalue weighted by Crippen LogP contribution is 2.26. The van der Waals surface area contributed by atoms with E-state index in [1.807, 2.05) is 13.8 Å². The molecule has 0 saturated heterocycles. The van der Waals surface area contributed by atoms with E-state index < -0.39 is 11.1 Å². The highest BCUT2D eigenvalue weighted by Gasteiger charge is 2.40. The zero-order chi connectivity index (χ0) is 12.6. The normalized spacial score (nSPS) is 11.8. The summed E-state index contributed by atoms with van der Waals surface area (Å²) in [7, 11) is 0. The van der Waals surface area contributed by atoms with Crippen molar-refractivity contribution in [3.8, 4) is 0 Å². The predicted molar refractivity (Wildman–Crippen MR) is 58.1 cm³/mol. The smallest absolute Gasteiger partial charge is 0.327 e. The van der Waals surface area contributed by atoms with Crippen LogP contribution in [0.3, 0.4) is 0 Å². The highest BCUT2D eigenvalue weighted by atomic mass is 17.0. The lowest BCUT2D eigenvalue weighted by atomic mass is 10.2. The molecule has 0 aromatic heterocycles. The molecule has 0 spiro atoms. The number of rotatable bonds is 9. The summed E-state index contributed by atoms with van der Waals surface area (Å²) < 4.78 is 10.7. The lowest BCUT2D eigenvalue weighted by molar-refractivity contribution is -0.819. The quantitative estimate of drug-likeness (QED) is 0.348. The lowest BCUT2D eigenvalue weighted by Gasteiger charge is -2.34. The summed E-state index contributed by atoms with van der Waals surface area (Å²) in [5, 5.41) is 9.60. The maximum absolute atomic E-state index is 10.5. The Labute approximate surface area is 96.0 Å². The molecule has 0 amide bonds. The van der Waals surface area contributed by atoms with Crippen LogP contribution in [-0.4, -0.2) is 24.3 Å². The van der Waals surface area contributed by atoms with Gasteiger partial charge in [0, 0.05) is 5.92 Å². The molecular weight excluding hydrogens is 214 g/mol. The van der Waals surface area contributed by atoms with Crippen molar-refractivity contribution in [2.45, 2.75) is 46.5 Å². The Morgan fingerprint density at radius 1 is 1.19 bits per heavy atom. The second-order valence-corrected chi connectivity index (χ2v) is 3.77. The first-order valence-electron chi connectivity index (χ1n) is 5.60. The molecule has 0 aliphatic rings. The third kappa shape index (κ3) is 4.76. The molecule has 0 aliphatic carbocycles. The van der Waals surface area contributed by atoms with Crippen molar-refractivity contribution < 1.29 is 19.4 Å². The summed E-state index contributed by atoms with van der Waals surface area (Å²) >= 11 is 0. The Kier molecular flexibility index (Phi) is 7.00. The Hall–Kier alpha value is -0.880. The average molecular weight is 235 g/mol. The van der Waals surface area contributed by atoms with Gasteiger partial charge in [0.2, 0.25) is 0 Å². The topological polar surface area (TPSA) is 70.8 Å². The van der Waals surface area contributed by atoms with Crippen LogP contribution in [0.25, 0.3) is 0 Å². The largest absolute Gasteiger partial charge is 0.329 e. The molecule has 6 heteroatoms. The van der Waals surface area contributed by atoms with E-state index in [9.17, 15) is 10.1 Å². The van der Waals surface area contributed by atoms with Crippen LogP contribution in [0.15, 0.2) is 0 Å². The monoisotopic (exact) mass is 235 g/mol. The maximum Gasteiger partial charge on any atom is 0.327 e. The predicted octanol–water partition coefficient (Wildman–Crippen LogP) is 2.36. The van der Waals surface area contributed by atoms with Crippen molar-refractivity contribution in [1.29, 1.82) is 0 Å². The van der Waals surface area contributed by atoms with E-state index in [0.29, 0.717) is 13.2 Å². The molecule has 0 N–H and O–H groups in total. The minimum Gasteiger partial charge on any atom is -0.329 e. The number of hydrogen-bond acceptors (Lipinski definition) is 5. The first-order chi connectivity index (χ1) is 7.48. The van der Waals surface area contributed by atoms with Crippen molar-refractivity contribution in [3.05, 3.63) is 10.1 Å². The van der Waals surface area contributed by atoms with E-state index in [1.54, 1.807) is 13.8 Å². The Bertz CT molecular complexity index is 199. The molecule has 96 valence electrons. The van der Waals surface area contributed by atoms with E-state index in [2.05, 4.69) is 4.84 Å². The second-order valence-electron chi connectivity index (χ2n) is 3.77. The molecule has 0 aromatic carbocycles. The third-order valence-electron chi connectivity index (χ3n) is 1.92. The van der Waals surface area contributed by atoms with Crippen molar-refractivity contribution in [2.24, 2.45) is 5.92 Å². The van der Waals surface area contributed by atoms with Crippen molar-refractivity contribution in [2.75, 3.05) is 13.2 Å². The SMILES string of the molecule is CCCOC(OCCC)(O[N+](=O)[O-])C(C)C. The van der Waals surface area contributed by atoms with Gasteiger partial charge in [-0.25, -0.2) is 4.84 Å². The molecule has 0 radical (unpaired) electrons. The summed E-state index contributed by atoms with van der Waals surface area (Å²) in [5.41, 5.74) is 0. The fraction of sp³-hybridized carbons (Fsp3) is 1.00. The van der Waals surface area contributed by atoms with E-state index >= 15 is 0 Å². The molecule has 16 heavy (non-hydrogen) atoms. The fourth-order valence-corrected chi connectivity index (χ4v) is 1.13. The molecule has 0 unspecified atom stereocenters. The van der Waals surface area contributed by atoms with E-state index in [4.69, 9.17) is 9.47 Å². The summed E-state index contributed by atoms with van der Waals surface area (Å²) in [6, 6.07) is 0. The van der Waals surface area contributed by atoms with Crippen LogP contribution in [0.1, 0.15) is 40.5 Å². The van der Waals surface area contributed by atoms with Crippen LogP contribution in [0.2, 0.25) is 0 Å². The molecule has 0 aliphatic heterocycles. The summed E-state index contributed by atoms with van der Waals surface area (Å²) in [6.07, 6.45) is 1.48. The Balaban J connectivity index is 4.66. The second kappa shape index (κ2) is 7.40. The lowest BCUT2D eigenvalue weighted by Crippen LogP contribution is -2.46. The first-order valence-corrected chi connectivity index (χ1v) is 5.60. The molecule has 0 bridgehead atoms. The average Bonchev–Trinajstić information content (AvgIpc) is 2.21. The van der Waals surface area contributed by atoms with Crippen LogP contribution < -0.4 is 0 Å². The Morgan fingerprint density at radius 2 is 1.62 bits per heavy atom. The molecule has 0 rings (SSSR count). The van der Waals surface area contributed by atoms with Gasteiger partial charge in [-0.3, -0.25) is 0 Å². The van der Waals surface area contributed by atoms with Gasteiger partial charge in [0.05, 0.1) is 13.2 Å². The molecule has 0 aromatic rings. The molecule has 0 fully saturated rings. The minimum absolute atomic E-state index is 0.268. The van der Waals surface area contributed by atoms with E-state index in [-0.39, 0.29) is 5.92 Å². The summed E-state index contributed by atoms with van der Waals surface area (Å²) in [5.74, 6) is -1.84. The highest BCUT2D eigenvalue weighted by molar-refractivity contribution is 4.61. The van der Waals surface area contributed by atoms with Crippen LogP contribution in [0.5, 0.6) is 0 Å². The summed E-state index contributed by atoms with van der Waals surface area (Å²) in [4.78, 5) is 15.1. The van der Waals surface area contributed by atoms with Crippen LogP contribution in [0.4, 0.5) is 0 Å². The van der Waals surface area contributed by atoms with Crippen molar-refractivity contribution >= 4 is 0 Å². The number of hydrogen-bond donors (Lipinski definition) is 0. The standard InChI is InChI=1S/C10H21NO5/c1-5-7-14-10(9(3)4,15-8-6-2)16-11(12)13/h9H,5-8H2,1-4H3. The Morgan fingerprint density at radius 3 is 1.88 bits per heavy atom. The number of ether oxygens (including phenoxy) is 2. The van der Waals surface area contributed by atoms with E-state index in [1.165, 1.54) is 0 Å². The third-order valence-corrected chi connectivity index (χ3v) is 1.92. The fourth-order valence-electron chi connectivity index (χ4n) is 1.13. The zero-order valence-corrected chi connectivity index (χ0v) is 10.4. The summed E-state index contributed by atoms with van der Waals surface area (Å²) in [6.45, 7) is 8.06. The van der Waals surface area contributed by atoms with Crippen molar-refractivity contribution in [1.82, 2.24) is 0 Å². The van der Waals surface area contributed by atoms with Gasteiger partial charge < -0.3 is 9.47 Å². The van der Waals surface area contributed by atoms with Gasteiger partial charge in [0.15, 0.2) is 0 Å². The van der Waals surface area contributed by atoms with Gasteiger partial charge in [-0.2, -0.15) is 0 Å². The van der Waals surface area contributed by atoms with Gasteiger partial charge >= 0.3 is 5.97 Å². The molecule has 6 nitrogen and oxygen atoms in total. The molecule has 0 atom stereocenters. The zero-order valence-electron chi connectivity index (χ0n) is 10.4. The van der Waals surface area contributed by atoms with Crippen LogP contribution >= 0.6 is 0 Å². The van der Waals surface area contributed by atoms with Gasteiger partial charge in [0.25, 0.3) is 5.09 Å². The van der Waals surface area contributed by atoms with Crippen LogP contribution in [0, 0.1) is 16.0 Å². The van der Waals surface area contributed by atoms with Gasteiger partial charge in [-0.1, -0.05) is 27.7 Å². The van der Waals surface area contributed by atoms with Gasteiger partial charge in [-0.05, 0) is 12.8 Å². The van der Waals surface area contributed by atoms with Gasteiger partial charge in [0.1, 0.15) is 0 Å². The maximum atomic E-state index is 10.5. The first kappa shape index (κ1) is 15.1. The number of nitrogens with zero attached hydrogens (tertiary/aromatic N) is 1. The van der Waals surface area contributed by atoms with Gasteiger partial charge in [-0.15, -0.1) is 10.1 Å². The van der Waals surface area contributed by atoms with E-state index in [0.717, 1.165) is 12.8 Å². The molecular formula is C10H21NO5. The van der Waals surface area contributed by atoms with Crippen molar-refractivity contribution in [3.63, 3.8) is 0 Å². The van der Waals surface area contributed by atoms with Crippen LogP contribution in [-0.2, 0) is 14.3 Å². The minimum atomic E-state index is -1.57. The molecule has 0 heterocycles. The molecule has 0 saturated carbocycles.